The summed E-state index contributed by atoms with van der Waals surface area (Å²) in [4.78, 5) is 15.4. The lowest BCUT2D eigenvalue weighted by atomic mass is 10.2. The van der Waals surface area contributed by atoms with Gasteiger partial charge in [0.05, 0.1) is 0 Å². The molecule has 1 aromatic rings. The van der Waals surface area contributed by atoms with E-state index in [1.165, 1.54) is 0 Å². The number of nitrogens with zero attached hydrogens (tertiary/aromatic N) is 1. The molecule has 4 heteroatoms. The molecule has 0 fully saturated rings. The number of carbonyl (C=O) groups is 1. The van der Waals surface area contributed by atoms with Crippen molar-refractivity contribution >= 4 is 11.7 Å². The van der Waals surface area contributed by atoms with Crippen LogP contribution in [0.2, 0.25) is 0 Å². The first-order valence-corrected chi connectivity index (χ1v) is 4.57. The third-order valence-corrected chi connectivity index (χ3v) is 1.74. The second-order valence-corrected chi connectivity index (χ2v) is 3.26. The lowest BCUT2D eigenvalue weighted by molar-refractivity contribution is -0.116. The molecule has 0 bridgehead atoms. The normalized spacial score (nSPS) is 9.93. The van der Waals surface area contributed by atoms with Crippen LogP contribution in [0.3, 0.4) is 0 Å². The summed E-state index contributed by atoms with van der Waals surface area (Å²) >= 11 is 0. The molecule has 1 heterocycles. The number of pyridine rings is 1. The number of nitrogens with two attached hydrogens (primary N) is 1. The number of rotatable bonds is 3. The van der Waals surface area contributed by atoms with Crippen molar-refractivity contribution in [3.8, 4) is 0 Å². The zero-order valence-corrected chi connectivity index (χ0v) is 8.50. The molecule has 3 N–H and O–H groups in total. The van der Waals surface area contributed by atoms with Gasteiger partial charge in [-0.2, -0.15) is 0 Å². The van der Waals surface area contributed by atoms with E-state index in [0.717, 1.165) is 11.3 Å². The van der Waals surface area contributed by atoms with Gasteiger partial charge in [-0.3, -0.25) is 4.79 Å². The molecule has 0 aliphatic carbocycles. The van der Waals surface area contributed by atoms with Gasteiger partial charge in [0.2, 0.25) is 5.91 Å². The third kappa shape index (κ3) is 3.14. The van der Waals surface area contributed by atoms with Crippen LogP contribution in [0.1, 0.15) is 17.7 Å². The quantitative estimate of drug-likeness (QED) is 0.752. The lowest BCUT2D eigenvalue weighted by Gasteiger charge is -2.05. The summed E-state index contributed by atoms with van der Waals surface area (Å²) in [5.41, 5.74) is 7.24. The highest BCUT2D eigenvalue weighted by molar-refractivity contribution is 5.89. The van der Waals surface area contributed by atoms with Crippen molar-refractivity contribution in [2.24, 2.45) is 5.73 Å². The Bertz CT molecular complexity index is 316. The van der Waals surface area contributed by atoms with Crippen molar-refractivity contribution in [2.75, 3.05) is 11.9 Å². The van der Waals surface area contributed by atoms with Gasteiger partial charge in [-0.15, -0.1) is 0 Å². The molecule has 76 valence electrons. The second-order valence-electron chi connectivity index (χ2n) is 3.26. The summed E-state index contributed by atoms with van der Waals surface area (Å²) in [6, 6.07) is 3.79. The van der Waals surface area contributed by atoms with E-state index in [1.54, 1.807) is 0 Å². The highest BCUT2D eigenvalue weighted by Crippen LogP contribution is 2.08. The molecular weight excluding hydrogens is 178 g/mol. The molecule has 1 aromatic heterocycles. The number of aromatic nitrogens is 1. The predicted octanol–water partition coefficient (Wildman–Crippen LogP) is 0.986. The Balaban J connectivity index is 2.71. The number of hydrogen-bond donors (Lipinski definition) is 2. The van der Waals surface area contributed by atoms with Gasteiger partial charge in [0, 0.05) is 18.7 Å². The van der Waals surface area contributed by atoms with Crippen LogP contribution in [-0.4, -0.2) is 17.4 Å². The highest BCUT2D eigenvalue weighted by Gasteiger charge is 2.02. The molecule has 0 aromatic carbocycles. The average Bonchev–Trinajstić information content (AvgIpc) is 2.01. The molecule has 14 heavy (non-hydrogen) atoms. The van der Waals surface area contributed by atoms with Crippen LogP contribution in [0.15, 0.2) is 12.1 Å². The van der Waals surface area contributed by atoms with Crippen molar-refractivity contribution in [1.82, 2.24) is 4.98 Å². The van der Waals surface area contributed by atoms with E-state index in [-0.39, 0.29) is 5.91 Å². The summed E-state index contributed by atoms with van der Waals surface area (Å²) in [5.74, 6) is 0.506. The predicted molar refractivity (Wildman–Crippen MR) is 56.0 cm³/mol. The maximum absolute atomic E-state index is 11.2. The molecule has 4 nitrogen and oxygen atoms in total. The fourth-order valence-corrected chi connectivity index (χ4v) is 1.24. The van der Waals surface area contributed by atoms with E-state index in [0.29, 0.717) is 18.8 Å². The topological polar surface area (TPSA) is 68.0 Å². The van der Waals surface area contributed by atoms with Gasteiger partial charge >= 0.3 is 0 Å². The minimum absolute atomic E-state index is 0.0926. The fraction of sp³-hybridized carbons (Fsp3) is 0.400. The first-order chi connectivity index (χ1) is 6.61. The monoisotopic (exact) mass is 193 g/mol. The van der Waals surface area contributed by atoms with Crippen molar-refractivity contribution in [3.63, 3.8) is 0 Å². The Morgan fingerprint density at radius 2 is 2.21 bits per heavy atom. The Hall–Kier alpha value is -1.42. The van der Waals surface area contributed by atoms with E-state index in [1.807, 2.05) is 26.0 Å². The molecule has 1 amide bonds. The number of nitrogens with one attached hydrogen (secondary N) is 1. The largest absolute Gasteiger partial charge is 0.330 e. The van der Waals surface area contributed by atoms with Crippen LogP contribution in [0.4, 0.5) is 5.82 Å². The number of aryl methyl sites for hydroxylation is 2. The van der Waals surface area contributed by atoms with Gasteiger partial charge in [0.25, 0.3) is 0 Å². The average molecular weight is 193 g/mol. The first-order valence-electron chi connectivity index (χ1n) is 4.57. The standard InChI is InChI=1S/C10H15N3O/c1-7-5-8(2)12-9(6-7)13-10(14)3-4-11/h5-6H,3-4,11H2,1-2H3,(H,12,13,14). The maximum atomic E-state index is 11.2. The maximum Gasteiger partial charge on any atom is 0.226 e. The van der Waals surface area contributed by atoms with Crippen LogP contribution < -0.4 is 11.1 Å². The Morgan fingerprint density at radius 3 is 2.79 bits per heavy atom. The van der Waals surface area contributed by atoms with Crippen molar-refractivity contribution in [2.45, 2.75) is 20.3 Å². The molecule has 0 unspecified atom stereocenters. The molecule has 0 spiro atoms. The van der Waals surface area contributed by atoms with E-state index < -0.39 is 0 Å². The van der Waals surface area contributed by atoms with Crippen LogP contribution in [0.25, 0.3) is 0 Å². The Kier molecular flexibility index (Phi) is 3.59. The van der Waals surface area contributed by atoms with Gasteiger partial charge in [-0.1, -0.05) is 0 Å². The Morgan fingerprint density at radius 1 is 1.50 bits per heavy atom. The van der Waals surface area contributed by atoms with Crippen LogP contribution in [0, 0.1) is 13.8 Å². The van der Waals surface area contributed by atoms with Gasteiger partial charge < -0.3 is 11.1 Å². The number of amides is 1. The van der Waals surface area contributed by atoms with Crippen LogP contribution in [-0.2, 0) is 4.79 Å². The number of hydrogen-bond acceptors (Lipinski definition) is 3. The Labute approximate surface area is 83.5 Å². The van der Waals surface area contributed by atoms with Crippen molar-refractivity contribution in [1.29, 1.82) is 0 Å². The molecule has 0 aliphatic heterocycles. The van der Waals surface area contributed by atoms with Crippen LogP contribution >= 0.6 is 0 Å². The van der Waals surface area contributed by atoms with Crippen LogP contribution in [0.5, 0.6) is 0 Å². The fourth-order valence-electron chi connectivity index (χ4n) is 1.24. The van der Waals surface area contributed by atoms with Gasteiger partial charge in [-0.25, -0.2) is 4.98 Å². The minimum Gasteiger partial charge on any atom is -0.330 e. The molecule has 0 radical (unpaired) electrons. The van der Waals surface area contributed by atoms with Gasteiger partial charge in [0.15, 0.2) is 0 Å². The molecule has 0 atom stereocenters. The minimum atomic E-state index is -0.0926. The second kappa shape index (κ2) is 4.72. The summed E-state index contributed by atoms with van der Waals surface area (Å²) in [7, 11) is 0. The molecular formula is C10H15N3O. The lowest BCUT2D eigenvalue weighted by Crippen LogP contribution is -2.17. The van der Waals surface area contributed by atoms with Crippen molar-refractivity contribution < 1.29 is 4.79 Å². The summed E-state index contributed by atoms with van der Waals surface area (Å²) < 4.78 is 0. The van der Waals surface area contributed by atoms with Gasteiger partial charge in [0.1, 0.15) is 5.82 Å². The smallest absolute Gasteiger partial charge is 0.226 e. The van der Waals surface area contributed by atoms with E-state index in [4.69, 9.17) is 5.73 Å². The summed E-state index contributed by atoms with van der Waals surface area (Å²) in [6.07, 6.45) is 0.328. The highest BCUT2D eigenvalue weighted by atomic mass is 16.1. The zero-order valence-electron chi connectivity index (χ0n) is 8.50. The third-order valence-electron chi connectivity index (χ3n) is 1.74. The zero-order chi connectivity index (χ0) is 10.6. The first kappa shape index (κ1) is 10.7. The van der Waals surface area contributed by atoms with E-state index >= 15 is 0 Å². The number of anilines is 1. The van der Waals surface area contributed by atoms with Gasteiger partial charge in [-0.05, 0) is 31.5 Å². The molecule has 1 rings (SSSR count). The number of carbonyl (C=O) groups excluding carboxylic acids is 1. The summed E-state index contributed by atoms with van der Waals surface area (Å²) in [6.45, 7) is 4.22. The van der Waals surface area contributed by atoms with E-state index in [9.17, 15) is 4.79 Å². The van der Waals surface area contributed by atoms with Crippen molar-refractivity contribution in [3.05, 3.63) is 23.4 Å². The molecule has 0 saturated heterocycles. The molecule has 0 aliphatic rings. The summed E-state index contributed by atoms with van der Waals surface area (Å²) in [5, 5.41) is 2.69. The molecule has 0 saturated carbocycles. The SMILES string of the molecule is Cc1cc(C)nc(NC(=O)CCN)c1. The van der Waals surface area contributed by atoms with E-state index in [2.05, 4.69) is 10.3 Å².